The van der Waals surface area contributed by atoms with Crippen LogP contribution >= 0.6 is 0 Å². The third-order valence-electron chi connectivity index (χ3n) is 4.07. The van der Waals surface area contributed by atoms with Crippen molar-refractivity contribution in [3.63, 3.8) is 0 Å². The van der Waals surface area contributed by atoms with Gasteiger partial charge in [-0.3, -0.25) is 0 Å². The van der Waals surface area contributed by atoms with Gasteiger partial charge in [-0.05, 0) is 31.2 Å². The van der Waals surface area contributed by atoms with Crippen LogP contribution in [0, 0.1) is 6.92 Å². The molecule has 1 aromatic heterocycles. The van der Waals surface area contributed by atoms with E-state index in [2.05, 4.69) is 5.32 Å². The lowest BCUT2D eigenvalue weighted by Gasteiger charge is -2.18. The Hall–Kier alpha value is -2.97. The van der Waals surface area contributed by atoms with Crippen molar-refractivity contribution in [2.75, 3.05) is 18.4 Å². The lowest BCUT2D eigenvalue weighted by Crippen LogP contribution is -2.34. The van der Waals surface area contributed by atoms with Crippen molar-refractivity contribution in [3.05, 3.63) is 58.1 Å². The lowest BCUT2D eigenvalue weighted by atomic mass is 10.2. The number of nitrogens with one attached hydrogen (secondary N) is 1. The van der Waals surface area contributed by atoms with Crippen molar-refractivity contribution in [2.45, 2.75) is 25.6 Å². The molecule has 0 aliphatic carbocycles. The molecule has 1 aliphatic rings. The smallest absolute Gasteiger partial charge is 0.416 e. The molecule has 0 radical (unpaired) electrons. The number of hydrogen-bond donors (Lipinski definition) is 1. The van der Waals surface area contributed by atoms with Gasteiger partial charge in [0.05, 0.1) is 18.2 Å². The number of likely N-dealkylation sites (tertiary alicyclic amines) is 1. The van der Waals surface area contributed by atoms with Crippen molar-refractivity contribution >= 4 is 11.7 Å². The maximum atomic E-state index is 12.6. The quantitative estimate of drug-likeness (QED) is 0.880. The normalized spacial score (nSPS) is 17.0. The second-order valence-electron chi connectivity index (χ2n) is 6.20. The molecule has 0 spiro atoms. The standard InChI is InChI=1S/C18H17F3N2O4/c1-11-8-15(9-16(24)26-11)27-14-6-7-23(10-14)17(25)22-13-4-2-12(3-5-13)18(19,20)21/h2-5,8-9,14H,6-7,10H2,1H3,(H,22,25)/t14-/m1/s1. The maximum absolute atomic E-state index is 12.6. The van der Waals surface area contributed by atoms with Gasteiger partial charge in [-0.25, -0.2) is 9.59 Å². The number of halogens is 3. The molecule has 1 fully saturated rings. The Morgan fingerprint density at radius 1 is 1.26 bits per heavy atom. The third kappa shape index (κ3) is 4.81. The second kappa shape index (κ2) is 7.34. The van der Waals surface area contributed by atoms with Gasteiger partial charge in [-0.2, -0.15) is 13.2 Å². The zero-order valence-electron chi connectivity index (χ0n) is 14.4. The van der Waals surface area contributed by atoms with Crippen LogP contribution in [0.3, 0.4) is 0 Å². The van der Waals surface area contributed by atoms with Crippen LogP contribution in [0.1, 0.15) is 17.7 Å². The van der Waals surface area contributed by atoms with E-state index in [1.807, 2.05) is 0 Å². The first-order chi connectivity index (χ1) is 12.7. The zero-order valence-corrected chi connectivity index (χ0v) is 14.4. The molecule has 0 saturated carbocycles. The third-order valence-corrected chi connectivity index (χ3v) is 4.07. The molecule has 1 saturated heterocycles. The van der Waals surface area contributed by atoms with Crippen LogP contribution in [-0.2, 0) is 6.18 Å². The molecule has 2 aromatic rings. The minimum absolute atomic E-state index is 0.272. The largest absolute Gasteiger partial charge is 0.488 e. The summed E-state index contributed by atoms with van der Waals surface area (Å²) >= 11 is 0. The molecular weight excluding hydrogens is 365 g/mol. The van der Waals surface area contributed by atoms with Gasteiger partial charge in [-0.15, -0.1) is 0 Å². The summed E-state index contributed by atoms with van der Waals surface area (Å²) in [4.78, 5) is 25.1. The molecule has 2 amide bonds. The maximum Gasteiger partial charge on any atom is 0.416 e. The number of carbonyl (C=O) groups excluding carboxylic acids is 1. The Balaban J connectivity index is 1.56. The van der Waals surface area contributed by atoms with Crippen LogP contribution in [0.4, 0.5) is 23.7 Å². The topological polar surface area (TPSA) is 71.8 Å². The summed E-state index contributed by atoms with van der Waals surface area (Å²) in [7, 11) is 0. The number of alkyl halides is 3. The molecule has 1 N–H and O–H groups in total. The predicted molar refractivity (Wildman–Crippen MR) is 90.8 cm³/mol. The summed E-state index contributed by atoms with van der Waals surface area (Å²) < 4.78 is 48.3. The fraction of sp³-hybridized carbons (Fsp3) is 0.333. The van der Waals surface area contributed by atoms with Gasteiger partial charge in [0.15, 0.2) is 0 Å². The van der Waals surface area contributed by atoms with E-state index in [1.54, 1.807) is 13.0 Å². The SMILES string of the molecule is Cc1cc(O[C@@H]2CCN(C(=O)Nc3ccc(C(F)(F)F)cc3)C2)cc(=O)o1. The van der Waals surface area contributed by atoms with Crippen molar-refractivity contribution in [1.29, 1.82) is 0 Å². The van der Waals surface area contributed by atoms with Crippen LogP contribution in [0.5, 0.6) is 5.75 Å². The monoisotopic (exact) mass is 382 g/mol. The van der Waals surface area contributed by atoms with E-state index in [1.165, 1.54) is 23.1 Å². The lowest BCUT2D eigenvalue weighted by molar-refractivity contribution is -0.137. The molecule has 144 valence electrons. The van der Waals surface area contributed by atoms with E-state index in [9.17, 15) is 22.8 Å². The first-order valence-electron chi connectivity index (χ1n) is 8.22. The number of ether oxygens (including phenoxy) is 1. The molecule has 0 bridgehead atoms. The van der Waals surface area contributed by atoms with Crippen LogP contribution in [0.25, 0.3) is 0 Å². The van der Waals surface area contributed by atoms with E-state index in [-0.39, 0.29) is 11.8 Å². The Morgan fingerprint density at radius 3 is 2.59 bits per heavy atom. The Morgan fingerprint density at radius 2 is 1.96 bits per heavy atom. The number of urea groups is 1. The number of benzene rings is 1. The molecule has 0 unspecified atom stereocenters. The molecule has 6 nitrogen and oxygen atoms in total. The van der Waals surface area contributed by atoms with Gasteiger partial charge >= 0.3 is 17.8 Å². The molecule has 1 aromatic carbocycles. The molecule has 1 atom stereocenters. The highest BCUT2D eigenvalue weighted by molar-refractivity contribution is 5.89. The predicted octanol–water partition coefficient (Wildman–Crippen LogP) is 3.65. The summed E-state index contributed by atoms with van der Waals surface area (Å²) in [5, 5.41) is 2.56. The van der Waals surface area contributed by atoms with Crippen LogP contribution in [-0.4, -0.2) is 30.1 Å². The summed E-state index contributed by atoms with van der Waals surface area (Å²) in [5.41, 5.74) is -1.02. The fourth-order valence-corrected chi connectivity index (χ4v) is 2.79. The number of nitrogens with zero attached hydrogens (tertiary/aromatic N) is 1. The summed E-state index contributed by atoms with van der Waals surface area (Å²) in [6.45, 7) is 2.36. The van der Waals surface area contributed by atoms with E-state index >= 15 is 0 Å². The van der Waals surface area contributed by atoms with Gasteiger partial charge in [0.25, 0.3) is 0 Å². The highest BCUT2D eigenvalue weighted by Gasteiger charge is 2.31. The molecule has 2 heterocycles. The number of amides is 2. The second-order valence-corrected chi connectivity index (χ2v) is 6.20. The first-order valence-corrected chi connectivity index (χ1v) is 8.22. The van der Waals surface area contributed by atoms with Gasteiger partial charge in [0, 0.05) is 24.7 Å². The summed E-state index contributed by atoms with van der Waals surface area (Å²) in [6.07, 6.45) is -4.14. The Kier molecular flexibility index (Phi) is 5.11. The van der Waals surface area contributed by atoms with Crippen LogP contribution < -0.4 is 15.7 Å². The summed E-state index contributed by atoms with van der Waals surface area (Å²) in [6, 6.07) is 6.63. The number of anilines is 1. The van der Waals surface area contributed by atoms with Crippen LogP contribution in [0.2, 0.25) is 0 Å². The van der Waals surface area contributed by atoms with Gasteiger partial charge < -0.3 is 19.4 Å². The van der Waals surface area contributed by atoms with Gasteiger partial charge in [0.2, 0.25) is 0 Å². The molecule has 27 heavy (non-hydrogen) atoms. The van der Waals surface area contributed by atoms with E-state index < -0.39 is 23.4 Å². The van der Waals surface area contributed by atoms with Gasteiger partial charge in [-0.1, -0.05) is 0 Å². The zero-order chi connectivity index (χ0) is 19.6. The molecule has 1 aliphatic heterocycles. The first kappa shape index (κ1) is 18.8. The van der Waals surface area contributed by atoms with E-state index in [0.717, 1.165) is 12.1 Å². The van der Waals surface area contributed by atoms with Crippen molar-refractivity contribution < 1.29 is 27.1 Å². The highest BCUT2D eigenvalue weighted by atomic mass is 19.4. The van der Waals surface area contributed by atoms with Crippen molar-refractivity contribution in [2.24, 2.45) is 0 Å². The highest BCUT2D eigenvalue weighted by Crippen LogP contribution is 2.30. The van der Waals surface area contributed by atoms with Gasteiger partial charge in [0.1, 0.15) is 17.6 Å². The minimum atomic E-state index is -4.42. The molecule has 9 heteroatoms. The Bertz CT molecular complexity index is 877. The minimum Gasteiger partial charge on any atom is -0.488 e. The fourth-order valence-electron chi connectivity index (χ4n) is 2.79. The number of aryl methyl sites for hydroxylation is 1. The molecular formula is C18H17F3N2O4. The van der Waals surface area contributed by atoms with E-state index in [0.29, 0.717) is 31.0 Å². The van der Waals surface area contributed by atoms with E-state index in [4.69, 9.17) is 9.15 Å². The summed E-state index contributed by atoms with van der Waals surface area (Å²) in [5.74, 6) is 0.797. The van der Waals surface area contributed by atoms with Crippen LogP contribution in [0.15, 0.2) is 45.6 Å². The average molecular weight is 382 g/mol. The number of hydrogen-bond acceptors (Lipinski definition) is 4. The number of rotatable bonds is 3. The van der Waals surface area contributed by atoms with Crippen molar-refractivity contribution in [3.8, 4) is 5.75 Å². The van der Waals surface area contributed by atoms with Crippen molar-refractivity contribution in [1.82, 2.24) is 4.90 Å². The average Bonchev–Trinajstić information content (AvgIpc) is 3.02. The number of carbonyl (C=O) groups is 1. The molecule has 3 rings (SSSR count). The Labute approximate surface area is 152 Å².